The van der Waals surface area contributed by atoms with Crippen molar-refractivity contribution in [2.45, 2.75) is 25.4 Å². The van der Waals surface area contributed by atoms with Crippen molar-refractivity contribution in [1.29, 1.82) is 5.26 Å². The van der Waals surface area contributed by atoms with Crippen molar-refractivity contribution in [1.82, 2.24) is 19.7 Å². The average molecular weight is 508 g/mol. The van der Waals surface area contributed by atoms with Crippen molar-refractivity contribution in [3.05, 3.63) is 102 Å². The molecule has 0 saturated heterocycles. The van der Waals surface area contributed by atoms with Crippen molar-refractivity contribution < 1.29 is 9.59 Å². The molecule has 0 spiro atoms. The number of amides is 2. The molecule has 0 aliphatic heterocycles. The Labute approximate surface area is 221 Å². The molecule has 0 aliphatic carbocycles. The van der Waals surface area contributed by atoms with Crippen LogP contribution in [0.1, 0.15) is 35.6 Å². The molecule has 2 atom stereocenters. The van der Waals surface area contributed by atoms with E-state index >= 15 is 0 Å². The highest BCUT2D eigenvalue weighted by molar-refractivity contribution is 5.95. The molecule has 38 heavy (non-hydrogen) atoms. The summed E-state index contributed by atoms with van der Waals surface area (Å²) in [6.07, 6.45) is 5.00. The molecule has 0 fully saturated rings. The number of primary amides is 1. The van der Waals surface area contributed by atoms with Crippen LogP contribution in [0, 0.1) is 11.3 Å². The maximum atomic E-state index is 13.5. The van der Waals surface area contributed by atoms with Gasteiger partial charge in [-0.25, -0.2) is 4.98 Å². The van der Waals surface area contributed by atoms with E-state index in [9.17, 15) is 9.59 Å². The summed E-state index contributed by atoms with van der Waals surface area (Å²) < 4.78 is 1.46. The van der Waals surface area contributed by atoms with Crippen LogP contribution in [0.4, 0.5) is 5.82 Å². The van der Waals surface area contributed by atoms with Crippen LogP contribution in [0.15, 0.2) is 85.3 Å². The van der Waals surface area contributed by atoms with E-state index in [0.717, 1.165) is 22.3 Å². The fourth-order valence-corrected chi connectivity index (χ4v) is 4.36. The Kier molecular flexibility index (Phi) is 8.26. The van der Waals surface area contributed by atoms with Gasteiger partial charge in [0.25, 0.3) is 0 Å². The zero-order valence-electron chi connectivity index (χ0n) is 21.3. The number of nitrogens with two attached hydrogens (primary N) is 1. The van der Waals surface area contributed by atoms with Crippen molar-refractivity contribution in [3.63, 3.8) is 0 Å². The van der Waals surface area contributed by atoms with E-state index in [-0.39, 0.29) is 18.4 Å². The van der Waals surface area contributed by atoms with Gasteiger partial charge in [-0.1, -0.05) is 49.4 Å². The lowest BCUT2D eigenvalue weighted by Crippen LogP contribution is -2.37. The van der Waals surface area contributed by atoms with Crippen molar-refractivity contribution in [3.8, 4) is 17.2 Å². The Morgan fingerprint density at radius 2 is 1.76 bits per heavy atom. The van der Waals surface area contributed by atoms with E-state index in [4.69, 9.17) is 11.0 Å². The Morgan fingerprint density at radius 3 is 2.39 bits per heavy atom. The van der Waals surface area contributed by atoms with Crippen LogP contribution in [0.3, 0.4) is 0 Å². The topological polar surface area (TPSA) is 130 Å². The van der Waals surface area contributed by atoms with Crippen LogP contribution in [0.5, 0.6) is 0 Å². The Bertz CT molecular complexity index is 1420. The highest BCUT2D eigenvalue weighted by Gasteiger charge is 2.27. The first kappa shape index (κ1) is 26.3. The molecule has 9 heteroatoms. The summed E-state index contributed by atoms with van der Waals surface area (Å²) in [6.45, 7) is 2.73. The van der Waals surface area contributed by atoms with E-state index in [0.29, 0.717) is 17.9 Å². The van der Waals surface area contributed by atoms with Gasteiger partial charge in [-0.05, 0) is 48.4 Å². The maximum absolute atomic E-state index is 13.5. The minimum absolute atomic E-state index is 0.000242. The van der Waals surface area contributed by atoms with Gasteiger partial charge in [0, 0.05) is 30.1 Å². The molecule has 0 bridgehead atoms. The van der Waals surface area contributed by atoms with Gasteiger partial charge in [0.1, 0.15) is 18.4 Å². The summed E-state index contributed by atoms with van der Waals surface area (Å²) in [7, 11) is 1.93. The first-order chi connectivity index (χ1) is 18.3. The van der Waals surface area contributed by atoms with Gasteiger partial charge in [0.2, 0.25) is 11.8 Å². The standard InChI is InChI=1S/C29H29N7O2/c1-20(22-10-8-21(14-30)9-11-22)17-35(2)28(23-6-4-3-5-7-23)29(38)34-27-13-12-24(15-32-27)25-16-33-36(18-25)19-26(31)37/h3-13,15-16,18,20,28H,17,19H2,1-2H3,(H2,31,37)(H,32,34,38)/t20-,28?/m1/s1. The quantitative estimate of drug-likeness (QED) is 0.337. The third-order valence-electron chi connectivity index (χ3n) is 6.27. The number of carbonyl (C=O) groups is 2. The molecule has 4 rings (SSSR count). The number of hydrogen-bond donors (Lipinski definition) is 2. The van der Waals surface area contributed by atoms with E-state index in [1.54, 1.807) is 24.7 Å². The lowest BCUT2D eigenvalue weighted by molar-refractivity contribution is -0.121. The van der Waals surface area contributed by atoms with Gasteiger partial charge in [0.15, 0.2) is 0 Å². The van der Waals surface area contributed by atoms with Gasteiger partial charge in [-0.2, -0.15) is 10.4 Å². The Hall–Kier alpha value is -4.81. The highest BCUT2D eigenvalue weighted by Crippen LogP contribution is 2.26. The summed E-state index contributed by atoms with van der Waals surface area (Å²) in [5.74, 6) is -0.0993. The molecular formula is C29H29N7O2. The first-order valence-corrected chi connectivity index (χ1v) is 12.2. The lowest BCUT2D eigenvalue weighted by atomic mass is 9.97. The SMILES string of the molecule is C[C@H](CN(C)C(C(=O)Nc1ccc(-c2cnn(CC(N)=O)c2)cn1)c1ccccc1)c1ccc(C#N)cc1. The van der Waals surface area contributed by atoms with Crippen LogP contribution in [0.25, 0.3) is 11.1 Å². The predicted molar refractivity (Wildman–Crippen MR) is 145 cm³/mol. The van der Waals surface area contributed by atoms with Crippen LogP contribution in [0.2, 0.25) is 0 Å². The second-order valence-corrected chi connectivity index (χ2v) is 9.20. The van der Waals surface area contributed by atoms with Crippen LogP contribution in [-0.2, 0) is 16.1 Å². The van der Waals surface area contributed by atoms with E-state index < -0.39 is 11.9 Å². The molecule has 2 aromatic heterocycles. The van der Waals surface area contributed by atoms with Crippen LogP contribution in [-0.4, -0.2) is 45.1 Å². The highest BCUT2D eigenvalue weighted by atomic mass is 16.2. The summed E-state index contributed by atoms with van der Waals surface area (Å²) in [5, 5.41) is 16.2. The summed E-state index contributed by atoms with van der Waals surface area (Å²) in [5.41, 5.74) is 9.40. The molecule has 0 radical (unpaired) electrons. The number of aromatic nitrogens is 3. The number of nitrogens with one attached hydrogen (secondary N) is 1. The van der Waals surface area contributed by atoms with E-state index in [2.05, 4.69) is 28.4 Å². The Morgan fingerprint density at radius 1 is 1.03 bits per heavy atom. The normalized spacial score (nSPS) is 12.5. The molecular weight excluding hydrogens is 478 g/mol. The molecule has 192 valence electrons. The number of rotatable bonds is 10. The smallest absolute Gasteiger partial charge is 0.247 e. The number of hydrogen-bond acceptors (Lipinski definition) is 6. The number of likely N-dealkylation sites (N-methyl/N-ethyl adjacent to an activating group) is 1. The number of nitriles is 1. The maximum Gasteiger partial charge on any atom is 0.247 e. The molecule has 1 unspecified atom stereocenters. The van der Waals surface area contributed by atoms with Gasteiger partial charge in [0.05, 0.1) is 17.8 Å². The summed E-state index contributed by atoms with van der Waals surface area (Å²) >= 11 is 0. The molecule has 2 amide bonds. The van der Waals surface area contributed by atoms with Gasteiger partial charge < -0.3 is 11.1 Å². The van der Waals surface area contributed by atoms with Gasteiger partial charge in [-0.15, -0.1) is 0 Å². The van der Waals surface area contributed by atoms with Gasteiger partial charge in [-0.3, -0.25) is 19.2 Å². The molecule has 3 N–H and O–H groups in total. The van der Waals surface area contributed by atoms with Crippen molar-refractivity contribution in [2.75, 3.05) is 18.9 Å². The summed E-state index contributed by atoms with van der Waals surface area (Å²) in [4.78, 5) is 31.1. The van der Waals surface area contributed by atoms with E-state index in [1.165, 1.54) is 4.68 Å². The minimum Gasteiger partial charge on any atom is -0.368 e. The molecule has 0 aliphatic rings. The summed E-state index contributed by atoms with van der Waals surface area (Å²) in [6, 6.07) is 22.3. The van der Waals surface area contributed by atoms with Gasteiger partial charge >= 0.3 is 0 Å². The largest absolute Gasteiger partial charge is 0.368 e. The zero-order chi connectivity index (χ0) is 27.1. The molecule has 4 aromatic rings. The second kappa shape index (κ2) is 12.0. The lowest BCUT2D eigenvalue weighted by Gasteiger charge is -2.30. The number of pyridine rings is 1. The molecule has 2 heterocycles. The van der Waals surface area contributed by atoms with Crippen LogP contribution < -0.4 is 11.1 Å². The fourth-order valence-electron chi connectivity index (χ4n) is 4.36. The van der Waals surface area contributed by atoms with E-state index in [1.807, 2.05) is 72.6 Å². The monoisotopic (exact) mass is 507 g/mol. The Balaban J connectivity index is 1.48. The average Bonchev–Trinajstić information content (AvgIpc) is 3.37. The number of anilines is 1. The van der Waals surface area contributed by atoms with Crippen molar-refractivity contribution in [2.24, 2.45) is 5.73 Å². The van der Waals surface area contributed by atoms with Crippen LogP contribution >= 0.6 is 0 Å². The predicted octanol–water partition coefficient (Wildman–Crippen LogP) is 3.72. The first-order valence-electron chi connectivity index (χ1n) is 12.2. The zero-order valence-corrected chi connectivity index (χ0v) is 21.3. The number of carbonyl (C=O) groups excluding carboxylic acids is 2. The number of nitrogens with zero attached hydrogens (tertiary/aromatic N) is 5. The molecule has 2 aromatic carbocycles. The third-order valence-corrected chi connectivity index (χ3v) is 6.27. The fraction of sp³-hybridized carbons (Fsp3) is 0.207. The second-order valence-electron chi connectivity index (χ2n) is 9.20. The molecule has 9 nitrogen and oxygen atoms in total. The third kappa shape index (κ3) is 6.49. The van der Waals surface area contributed by atoms with Crippen molar-refractivity contribution >= 4 is 17.6 Å². The molecule has 0 saturated carbocycles. The minimum atomic E-state index is -0.537. The number of benzene rings is 2.